The van der Waals surface area contributed by atoms with Crippen LogP contribution in [0.1, 0.15) is 18.9 Å². The van der Waals surface area contributed by atoms with E-state index in [9.17, 15) is 9.59 Å². The van der Waals surface area contributed by atoms with E-state index in [0.717, 1.165) is 11.6 Å². The van der Waals surface area contributed by atoms with Crippen LogP contribution in [0.5, 0.6) is 0 Å². The molecule has 104 valence electrons. The summed E-state index contributed by atoms with van der Waals surface area (Å²) in [5, 5.41) is 13.9. The van der Waals surface area contributed by atoms with Crippen molar-refractivity contribution >= 4 is 23.8 Å². The van der Waals surface area contributed by atoms with Gasteiger partial charge < -0.3 is 15.7 Å². The maximum absolute atomic E-state index is 11.5. The molecule has 20 heavy (non-hydrogen) atoms. The minimum Gasteiger partial charge on any atom is -0.478 e. The van der Waals surface area contributed by atoms with Gasteiger partial charge in [-0.15, -0.1) is 11.8 Å². The standard InChI is InChI=1S/C15H16N2O3/c1-2-3-4-11-16-15(20)17-13-8-5-12(6-9-13)7-10-14(18)19/h5-10H,4,11H2,1H3,(H,18,19)(H2,16,17,20)/b10-7+. The van der Waals surface area contributed by atoms with Gasteiger partial charge >= 0.3 is 12.0 Å². The normalized spacial score (nSPS) is 9.65. The highest BCUT2D eigenvalue weighted by Gasteiger charge is 2.00. The second-order valence-electron chi connectivity index (χ2n) is 3.85. The fourth-order valence-corrected chi connectivity index (χ4v) is 1.38. The highest BCUT2D eigenvalue weighted by Crippen LogP contribution is 2.10. The van der Waals surface area contributed by atoms with Crippen molar-refractivity contribution in [2.24, 2.45) is 0 Å². The van der Waals surface area contributed by atoms with Crippen molar-refractivity contribution in [2.45, 2.75) is 13.3 Å². The lowest BCUT2D eigenvalue weighted by atomic mass is 10.2. The van der Waals surface area contributed by atoms with Crippen LogP contribution in [0.4, 0.5) is 10.5 Å². The van der Waals surface area contributed by atoms with Gasteiger partial charge in [-0.3, -0.25) is 0 Å². The van der Waals surface area contributed by atoms with Crippen molar-refractivity contribution in [2.75, 3.05) is 11.9 Å². The molecule has 0 aliphatic heterocycles. The molecule has 0 aromatic heterocycles. The summed E-state index contributed by atoms with van der Waals surface area (Å²) in [7, 11) is 0. The highest BCUT2D eigenvalue weighted by atomic mass is 16.4. The van der Waals surface area contributed by atoms with Crippen LogP contribution in [0.3, 0.4) is 0 Å². The molecule has 1 rings (SSSR count). The van der Waals surface area contributed by atoms with E-state index in [1.54, 1.807) is 31.2 Å². The largest absolute Gasteiger partial charge is 0.478 e. The predicted octanol–water partition coefficient (Wildman–Crippen LogP) is 2.32. The first-order valence-electron chi connectivity index (χ1n) is 6.07. The molecular weight excluding hydrogens is 256 g/mol. The maximum atomic E-state index is 11.5. The average molecular weight is 272 g/mol. The van der Waals surface area contributed by atoms with Crippen LogP contribution in [-0.2, 0) is 4.79 Å². The van der Waals surface area contributed by atoms with E-state index in [2.05, 4.69) is 22.5 Å². The lowest BCUT2D eigenvalue weighted by Gasteiger charge is -2.06. The predicted molar refractivity (Wildman–Crippen MR) is 78.2 cm³/mol. The third kappa shape index (κ3) is 6.26. The monoisotopic (exact) mass is 272 g/mol. The van der Waals surface area contributed by atoms with Crippen LogP contribution in [0.25, 0.3) is 6.08 Å². The van der Waals surface area contributed by atoms with E-state index in [1.165, 1.54) is 6.08 Å². The molecule has 0 bridgehead atoms. The number of carboxylic acids is 1. The van der Waals surface area contributed by atoms with Gasteiger partial charge in [0, 0.05) is 24.7 Å². The molecule has 0 aliphatic carbocycles. The first kappa shape index (κ1) is 15.3. The van der Waals surface area contributed by atoms with E-state index in [0.29, 0.717) is 18.7 Å². The zero-order valence-electron chi connectivity index (χ0n) is 11.1. The quantitative estimate of drug-likeness (QED) is 0.437. The summed E-state index contributed by atoms with van der Waals surface area (Å²) < 4.78 is 0. The summed E-state index contributed by atoms with van der Waals surface area (Å²) >= 11 is 0. The minimum atomic E-state index is -0.998. The summed E-state index contributed by atoms with van der Waals surface area (Å²) in [5.74, 6) is 4.60. The number of amides is 2. The van der Waals surface area contributed by atoms with Gasteiger partial charge in [0.15, 0.2) is 0 Å². The Morgan fingerprint density at radius 3 is 2.60 bits per heavy atom. The van der Waals surface area contributed by atoms with Crippen molar-refractivity contribution in [3.05, 3.63) is 35.9 Å². The number of carboxylic acid groups (broad SMARTS) is 1. The Hall–Kier alpha value is -2.74. The van der Waals surface area contributed by atoms with Gasteiger partial charge in [0.25, 0.3) is 0 Å². The van der Waals surface area contributed by atoms with Crippen LogP contribution in [0.15, 0.2) is 30.3 Å². The highest BCUT2D eigenvalue weighted by molar-refractivity contribution is 5.89. The molecule has 0 saturated carbocycles. The van der Waals surface area contributed by atoms with Gasteiger partial charge in [-0.05, 0) is 30.7 Å². The Morgan fingerprint density at radius 1 is 1.30 bits per heavy atom. The minimum absolute atomic E-state index is 0.295. The number of hydrogen-bond acceptors (Lipinski definition) is 2. The van der Waals surface area contributed by atoms with Crippen LogP contribution in [0.2, 0.25) is 0 Å². The molecule has 0 heterocycles. The van der Waals surface area contributed by atoms with Gasteiger partial charge in [0.05, 0.1) is 0 Å². The van der Waals surface area contributed by atoms with Crippen LogP contribution < -0.4 is 10.6 Å². The number of rotatable bonds is 5. The van der Waals surface area contributed by atoms with Gasteiger partial charge in [-0.2, -0.15) is 0 Å². The van der Waals surface area contributed by atoms with Crippen molar-refractivity contribution in [3.8, 4) is 11.8 Å². The second kappa shape index (κ2) is 8.38. The third-order valence-electron chi connectivity index (χ3n) is 2.30. The molecule has 0 fully saturated rings. The van der Waals surface area contributed by atoms with Crippen LogP contribution in [0, 0.1) is 11.8 Å². The van der Waals surface area contributed by atoms with Crippen LogP contribution >= 0.6 is 0 Å². The molecule has 5 heteroatoms. The molecule has 3 N–H and O–H groups in total. The lowest BCUT2D eigenvalue weighted by Crippen LogP contribution is -2.29. The number of benzene rings is 1. The summed E-state index contributed by atoms with van der Waals surface area (Å²) in [6.07, 6.45) is 3.16. The smallest absolute Gasteiger partial charge is 0.328 e. The van der Waals surface area contributed by atoms with Gasteiger partial charge in [-0.25, -0.2) is 9.59 Å². The maximum Gasteiger partial charge on any atom is 0.328 e. The Morgan fingerprint density at radius 2 is 2.00 bits per heavy atom. The number of anilines is 1. The Balaban J connectivity index is 2.46. The topological polar surface area (TPSA) is 78.4 Å². The molecule has 1 aromatic carbocycles. The molecule has 0 aliphatic rings. The first-order valence-corrected chi connectivity index (χ1v) is 6.07. The third-order valence-corrected chi connectivity index (χ3v) is 2.30. The summed E-state index contributed by atoms with van der Waals surface area (Å²) in [4.78, 5) is 21.9. The lowest BCUT2D eigenvalue weighted by molar-refractivity contribution is -0.131. The molecule has 1 aromatic rings. The fourth-order valence-electron chi connectivity index (χ4n) is 1.38. The summed E-state index contributed by atoms with van der Waals surface area (Å²) in [6.45, 7) is 2.24. The summed E-state index contributed by atoms with van der Waals surface area (Å²) in [5.41, 5.74) is 1.38. The van der Waals surface area contributed by atoms with Crippen molar-refractivity contribution in [1.29, 1.82) is 0 Å². The number of carbonyl (C=O) groups is 2. The second-order valence-corrected chi connectivity index (χ2v) is 3.85. The van der Waals surface area contributed by atoms with E-state index >= 15 is 0 Å². The number of hydrogen-bond donors (Lipinski definition) is 3. The van der Waals surface area contributed by atoms with E-state index in [-0.39, 0.29) is 6.03 Å². The fraction of sp³-hybridized carbons (Fsp3) is 0.200. The first-order chi connectivity index (χ1) is 9.61. The number of nitrogens with one attached hydrogen (secondary N) is 2. The van der Waals surface area contributed by atoms with Gasteiger partial charge in [0.2, 0.25) is 0 Å². The molecule has 5 nitrogen and oxygen atoms in total. The Labute approximate surface area is 117 Å². The average Bonchev–Trinajstić information content (AvgIpc) is 2.43. The van der Waals surface area contributed by atoms with Gasteiger partial charge in [0.1, 0.15) is 0 Å². The Kier molecular flexibility index (Phi) is 6.42. The SMILES string of the molecule is CC#CCCNC(=O)Nc1ccc(/C=C/C(=O)O)cc1. The molecule has 0 radical (unpaired) electrons. The molecule has 0 spiro atoms. The molecule has 0 atom stereocenters. The molecule has 0 saturated heterocycles. The van der Waals surface area contributed by atoms with Gasteiger partial charge in [-0.1, -0.05) is 12.1 Å². The van der Waals surface area contributed by atoms with Crippen LogP contribution in [-0.4, -0.2) is 23.7 Å². The van der Waals surface area contributed by atoms with E-state index < -0.39 is 5.97 Å². The zero-order chi connectivity index (χ0) is 14.8. The summed E-state index contributed by atoms with van der Waals surface area (Å²) in [6, 6.07) is 6.55. The molecule has 2 amide bonds. The number of aliphatic carboxylic acids is 1. The zero-order valence-corrected chi connectivity index (χ0v) is 11.1. The van der Waals surface area contributed by atoms with E-state index in [1.807, 2.05) is 0 Å². The van der Waals surface area contributed by atoms with E-state index in [4.69, 9.17) is 5.11 Å². The van der Waals surface area contributed by atoms with Crippen molar-refractivity contribution in [1.82, 2.24) is 5.32 Å². The molecular formula is C15H16N2O3. The van der Waals surface area contributed by atoms with Crippen molar-refractivity contribution < 1.29 is 14.7 Å². The number of urea groups is 1. The number of carbonyl (C=O) groups excluding carboxylic acids is 1. The Bertz CT molecular complexity index is 551. The molecule has 0 unspecified atom stereocenters. The van der Waals surface area contributed by atoms with Crippen molar-refractivity contribution in [3.63, 3.8) is 0 Å².